The van der Waals surface area contributed by atoms with Gasteiger partial charge in [0.2, 0.25) is 5.13 Å². The van der Waals surface area contributed by atoms with Crippen LogP contribution in [0.3, 0.4) is 0 Å². The Hall–Kier alpha value is -1.98. The molecule has 4 rings (SSSR count). The van der Waals surface area contributed by atoms with Crippen LogP contribution >= 0.6 is 11.3 Å². The molecule has 0 radical (unpaired) electrons. The summed E-state index contributed by atoms with van der Waals surface area (Å²) in [7, 11) is 2.20. The molecule has 3 aromatic rings. The van der Waals surface area contributed by atoms with E-state index in [0.717, 1.165) is 24.1 Å². The molecule has 0 amide bonds. The Morgan fingerprint density at radius 2 is 2.00 bits per heavy atom. The number of thiazole rings is 1. The van der Waals surface area contributed by atoms with E-state index in [4.69, 9.17) is 0 Å². The normalized spacial score (nSPS) is 14.5. The van der Waals surface area contributed by atoms with Gasteiger partial charge in [0.05, 0.1) is 0 Å². The fourth-order valence-electron chi connectivity index (χ4n) is 3.41. The van der Waals surface area contributed by atoms with Crippen LogP contribution in [0.15, 0.2) is 48.9 Å². The first-order valence-electron chi connectivity index (χ1n) is 7.98. The number of hydrogen-bond donors (Lipinski definition) is 0. The summed E-state index contributed by atoms with van der Waals surface area (Å²) < 4.78 is 1.82. The van der Waals surface area contributed by atoms with Crippen LogP contribution in [0, 0.1) is 5.92 Å². The average molecular weight is 324 g/mol. The Bertz CT molecular complexity index is 753. The number of nitrogens with zero attached hydrogens (tertiary/aromatic N) is 4. The zero-order valence-electron chi connectivity index (χ0n) is 13.2. The predicted molar refractivity (Wildman–Crippen MR) is 92.9 cm³/mol. The first-order chi connectivity index (χ1) is 11.3. The highest BCUT2D eigenvalue weighted by atomic mass is 32.1. The molecule has 0 saturated carbocycles. The van der Waals surface area contributed by atoms with E-state index in [0.29, 0.717) is 0 Å². The zero-order valence-corrected chi connectivity index (χ0v) is 14.0. The molecule has 0 fully saturated rings. The van der Waals surface area contributed by atoms with Gasteiger partial charge in [-0.3, -0.25) is 0 Å². The quantitative estimate of drug-likeness (QED) is 0.723. The number of hydrogen-bond acceptors (Lipinski definition) is 4. The smallest absolute Gasteiger partial charge is 0.210 e. The predicted octanol–water partition coefficient (Wildman–Crippen LogP) is 3.18. The van der Waals surface area contributed by atoms with Crippen molar-refractivity contribution in [2.24, 2.45) is 5.92 Å². The van der Waals surface area contributed by atoms with Crippen molar-refractivity contribution in [3.63, 3.8) is 0 Å². The third kappa shape index (κ3) is 3.21. The molecule has 0 N–H and O–H groups in total. The monoisotopic (exact) mass is 324 g/mol. The molecule has 0 spiro atoms. The van der Waals surface area contributed by atoms with Crippen molar-refractivity contribution >= 4 is 11.3 Å². The minimum atomic E-state index is 0.732. The van der Waals surface area contributed by atoms with Crippen LogP contribution in [0.2, 0.25) is 0 Å². The van der Waals surface area contributed by atoms with Gasteiger partial charge in [0.15, 0.2) is 0 Å². The molecular formula is C18H20N4S. The van der Waals surface area contributed by atoms with Crippen LogP contribution < -0.4 is 0 Å². The van der Waals surface area contributed by atoms with E-state index in [-0.39, 0.29) is 0 Å². The molecule has 23 heavy (non-hydrogen) atoms. The number of rotatable bonds is 5. The van der Waals surface area contributed by atoms with Crippen LogP contribution in [0.5, 0.6) is 0 Å². The van der Waals surface area contributed by atoms with Crippen molar-refractivity contribution in [3.05, 3.63) is 64.9 Å². The fourth-order valence-corrected chi connectivity index (χ4v) is 4.34. The van der Waals surface area contributed by atoms with Crippen LogP contribution in [0.4, 0.5) is 0 Å². The van der Waals surface area contributed by atoms with E-state index < -0.39 is 0 Å². The molecule has 2 heterocycles. The second-order valence-corrected chi connectivity index (χ2v) is 7.39. The summed E-state index contributed by atoms with van der Waals surface area (Å²) >= 11 is 1.71. The summed E-state index contributed by atoms with van der Waals surface area (Å²) in [6.45, 7) is 2.08. The Kier molecular flexibility index (Phi) is 3.97. The highest BCUT2D eigenvalue weighted by Crippen LogP contribution is 2.27. The van der Waals surface area contributed by atoms with Crippen molar-refractivity contribution in [1.82, 2.24) is 19.7 Å². The summed E-state index contributed by atoms with van der Waals surface area (Å²) in [5.74, 6) is 0.732. The van der Waals surface area contributed by atoms with Gasteiger partial charge in [0.25, 0.3) is 0 Å². The van der Waals surface area contributed by atoms with Crippen molar-refractivity contribution in [3.8, 4) is 5.13 Å². The van der Waals surface area contributed by atoms with Crippen molar-refractivity contribution in [1.29, 1.82) is 0 Å². The summed E-state index contributed by atoms with van der Waals surface area (Å²) in [6.07, 6.45) is 8.11. The third-order valence-corrected chi connectivity index (χ3v) is 5.34. The molecule has 118 valence electrons. The zero-order chi connectivity index (χ0) is 15.6. The third-order valence-electron chi connectivity index (χ3n) is 4.37. The highest BCUT2D eigenvalue weighted by Gasteiger charge is 2.22. The van der Waals surface area contributed by atoms with E-state index in [9.17, 15) is 0 Å². The molecule has 1 aliphatic rings. The second kappa shape index (κ2) is 6.26. The molecule has 0 aliphatic heterocycles. The fraction of sp³-hybridized carbons (Fsp3) is 0.333. The summed E-state index contributed by atoms with van der Waals surface area (Å²) in [4.78, 5) is 8.17. The van der Waals surface area contributed by atoms with Crippen molar-refractivity contribution in [2.45, 2.75) is 19.4 Å². The Labute approximate surface area is 140 Å². The lowest BCUT2D eigenvalue weighted by molar-refractivity contribution is 0.275. The Morgan fingerprint density at radius 1 is 1.22 bits per heavy atom. The van der Waals surface area contributed by atoms with E-state index in [2.05, 4.69) is 46.3 Å². The van der Waals surface area contributed by atoms with Crippen LogP contribution in [-0.4, -0.2) is 33.3 Å². The van der Waals surface area contributed by atoms with Crippen LogP contribution in [0.1, 0.15) is 16.0 Å². The summed E-state index contributed by atoms with van der Waals surface area (Å²) in [5, 5.41) is 5.17. The number of fused-ring (bicyclic) bond motifs is 1. The van der Waals surface area contributed by atoms with Gasteiger partial charge >= 0.3 is 0 Å². The first-order valence-corrected chi connectivity index (χ1v) is 8.79. The minimum Gasteiger partial charge on any atom is -0.301 e. The Morgan fingerprint density at radius 3 is 2.70 bits per heavy atom. The number of benzene rings is 1. The average Bonchev–Trinajstić information content (AvgIpc) is 3.26. The van der Waals surface area contributed by atoms with Gasteiger partial charge in [0.1, 0.15) is 0 Å². The minimum absolute atomic E-state index is 0.732. The SMILES string of the molecule is CN(Cc1cnc(-n2cccn2)s1)CC1Cc2ccccc2C1. The molecule has 1 aromatic carbocycles. The van der Waals surface area contributed by atoms with Gasteiger partial charge in [-0.1, -0.05) is 35.6 Å². The molecule has 0 saturated heterocycles. The van der Waals surface area contributed by atoms with Crippen LogP contribution in [-0.2, 0) is 19.4 Å². The second-order valence-electron chi connectivity index (χ2n) is 6.30. The molecule has 2 aromatic heterocycles. The molecule has 0 bridgehead atoms. The topological polar surface area (TPSA) is 34.0 Å². The molecule has 1 aliphatic carbocycles. The van der Waals surface area contributed by atoms with Crippen LogP contribution in [0.25, 0.3) is 5.13 Å². The lowest BCUT2D eigenvalue weighted by Gasteiger charge is -2.19. The highest BCUT2D eigenvalue weighted by molar-refractivity contribution is 7.14. The van der Waals surface area contributed by atoms with Gasteiger partial charge in [-0.05, 0) is 43.0 Å². The molecule has 0 atom stereocenters. The summed E-state index contributed by atoms with van der Waals surface area (Å²) in [6, 6.07) is 10.8. The molecule has 4 nitrogen and oxygen atoms in total. The van der Waals surface area contributed by atoms with Gasteiger partial charge < -0.3 is 4.90 Å². The van der Waals surface area contributed by atoms with E-state index >= 15 is 0 Å². The standard InChI is InChI=1S/C18H20N4S/c1-21(12-14-9-15-5-2-3-6-16(15)10-14)13-17-11-19-18(23-17)22-8-4-7-20-22/h2-8,11,14H,9-10,12-13H2,1H3. The maximum Gasteiger partial charge on any atom is 0.210 e. The molecule has 0 unspecified atom stereocenters. The number of aromatic nitrogens is 3. The van der Waals surface area contributed by atoms with E-state index in [1.807, 2.05) is 23.1 Å². The first kappa shape index (κ1) is 14.6. The van der Waals surface area contributed by atoms with Crippen molar-refractivity contribution in [2.75, 3.05) is 13.6 Å². The molecule has 5 heteroatoms. The lowest BCUT2D eigenvalue weighted by Crippen LogP contribution is -2.25. The van der Waals surface area contributed by atoms with E-state index in [1.165, 1.54) is 28.8 Å². The van der Waals surface area contributed by atoms with Gasteiger partial charge in [-0.15, -0.1) is 0 Å². The van der Waals surface area contributed by atoms with Gasteiger partial charge in [0, 0.05) is 36.6 Å². The van der Waals surface area contributed by atoms with Gasteiger partial charge in [-0.25, -0.2) is 9.67 Å². The Balaban J connectivity index is 1.35. The molecular weight excluding hydrogens is 304 g/mol. The maximum atomic E-state index is 4.47. The lowest BCUT2D eigenvalue weighted by atomic mass is 10.1. The maximum absolute atomic E-state index is 4.47. The van der Waals surface area contributed by atoms with Gasteiger partial charge in [-0.2, -0.15) is 5.10 Å². The summed E-state index contributed by atoms with van der Waals surface area (Å²) in [5.41, 5.74) is 3.06. The van der Waals surface area contributed by atoms with Crippen molar-refractivity contribution < 1.29 is 0 Å². The largest absolute Gasteiger partial charge is 0.301 e. The van der Waals surface area contributed by atoms with E-state index in [1.54, 1.807) is 17.5 Å².